The van der Waals surface area contributed by atoms with Gasteiger partial charge in [-0.3, -0.25) is 5.10 Å². The average molecular weight is 511 g/mol. The van der Waals surface area contributed by atoms with Crippen molar-refractivity contribution in [1.82, 2.24) is 15.1 Å². The quantitative estimate of drug-likeness (QED) is 0.386. The van der Waals surface area contributed by atoms with Crippen molar-refractivity contribution >= 4 is 34.2 Å². The Balaban J connectivity index is 1.37. The molecule has 3 N–H and O–H groups in total. The molecule has 3 aromatic rings. The third-order valence-corrected chi connectivity index (χ3v) is 6.94. The summed E-state index contributed by atoms with van der Waals surface area (Å²) in [6.45, 7) is 4.98. The third kappa shape index (κ3) is 5.65. The number of benzene rings is 2. The number of amides is 2. The van der Waals surface area contributed by atoms with Gasteiger partial charge in [-0.2, -0.15) is 5.10 Å². The van der Waals surface area contributed by atoms with Crippen LogP contribution in [-0.4, -0.2) is 45.7 Å². The molecule has 2 amide bonds. The lowest BCUT2D eigenvalue weighted by Crippen LogP contribution is -2.45. The molecule has 1 aliphatic rings. The minimum absolute atomic E-state index is 0.136. The Morgan fingerprint density at radius 3 is 2.51 bits per heavy atom. The number of carbonyl (C=O) groups excluding carboxylic acids is 1. The molecule has 4 rings (SSSR count). The lowest BCUT2D eigenvalue weighted by Gasteiger charge is -2.43. The van der Waals surface area contributed by atoms with Gasteiger partial charge >= 0.3 is 12.4 Å². The number of hydrogen-bond acceptors (Lipinski definition) is 4. The first-order valence-corrected chi connectivity index (χ1v) is 11.5. The molecule has 1 aliphatic heterocycles. The maximum absolute atomic E-state index is 12.7. The van der Waals surface area contributed by atoms with E-state index in [1.807, 2.05) is 13.8 Å². The first kappa shape index (κ1) is 25.1. The van der Waals surface area contributed by atoms with Crippen LogP contribution < -0.4 is 10.1 Å². The molecule has 188 valence electrons. The maximum Gasteiger partial charge on any atom is 0.573 e. The summed E-state index contributed by atoms with van der Waals surface area (Å²) in [5.41, 5.74) is 1.30. The zero-order valence-electron chi connectivity index (χ0n) is 19.2. The SMILES string of the molecule is CC(C)(C1CCN(C(=O)Nc2ccc(OC(F)(F)F)cc2)CC1)C(O)c1cc(Cl)cc2cn[nH]c12. The number of halogens is 4. The van der Waals surface area contributed by atoms with E-state index in [-0.39, 0.29) is 17.7 Å². The molecule has 0 saturated carbocycles. The average Bonchev–Trinajstić information content (AvgIpc) is 3.27. The molecule has 11 heteroatoms. The van der Waals surface area contributed by atoms with Gasteiger partial charge in [-0.25, -0.2) is 4.79 Å². The van der Waals surface area contributed by atoms with E-state index in [4.69, 9.17) is 11.6 Å². The number of aromatic amines is 1. The van der Waals surface area contributed by atoms with Gasteiger partial charge in [-0.15, -0.1) is 13.2 Å². The third-order valence-electron chi connectivity index (χ3n) is 6.72. The predicted octanol–water partition coefficient (Wildman–Crippen LogP) is 6.12. The Morgan fingerprint density at radius 2 is 1.89 bits per heavy atom. The number of anilines is 1. The number of hydrogen-bond donors (Lipinski definition) is 3. The molecule has 0 radical (unpaired) electrons. The number of nitrogens with zero attached hydrogens (tertiary/aromatic N) is 2. The fourth-order valence-corrected chi connectivity index (χ4v) is 4.89. The largest absolute Gasteiger partial charge is 0.573 e. The van der Waals surface area contributed by atoms with Crippen LogP contribution in [0.1, 0.15) is 38.4 Å². The maximum atomic E-state index is 12.7. The topological polar surface area (TPSA) is 90.5 Å². The summed E-state index contributed by atoms with van der Waals surface area (Å²) in [5, 5.41) is 22.4. The second kappa shape index (κ2) is 9.58. The number of nitrogens with one attached hydrogen (secondary N) is 2. The van der Waals surface area contributed by atoms with Crippen molar-refractivity contribution < 1.29 is 27.8 Å². The summed E-state index contributed by atoms with van der Waals surface area (Å²) in [4.78, 5) is 14.3. The number of aliphatic hydroxyl groups excluding tert-OH is 1. The fraction of sp³-hybridized carbons (Fsp3) is 0.417. The van der Waals surface area contributed by atoms with Crippen molar-refractivity contribution in [3.8, 4) is 5.75 Å². The lowest BCUT2D eigenvalue weighted by atomic mass is 9.68. The highest BCUT2D eigenvalue weighted by molar-refractivity contribution is 6.31. The van der Waals surface area contributed by atoms with Gasteiger partial charge in [0, 0.05) is 34.7 Å². The molecule has 1 aromatic heterocycles. The van der Waals surface area contributed by atoms with Crippen LogP contribution in [0.15, 0.2) is 42.6 Å². The van der Waals surface area contributed by atoms with Crippen LogP contribution in [0.25, 0.3) is 10.9 Å². The number of likely N-dealkylation sites (tertiary alicyclic amines) is 1. The Labute approximate surface area is 205 Å². The molecule has 1 atom stereocenters. The van der Waals surface area contributed by atoms with E-state index in [9.17, 15) is 23.1 Å². The highest BCUT2D eigenvalue weighted by Gasteiger charge is 2.40. The predicted molar refractivity (Wildman–Crippen MR) is 126 cm³/mol. The standard InChI is InChI=1S/C24H26ClF3N4O3/c1-23(2,21(33)19-12-16(25)11-14-13-29-31-20(14)19)15-7-9-32(10-8-15)22(34)30-17-3-5-18(6-4-17)35-24(26,27)28/h3-6,11-13,15,21,33H,7-10H2,1-2H3,(H,29,31)(H,30,34). The van der Waals surface area contributed by atoms with Crippen molar-refractivity contribution in [1.29, 1.82) is 0 Å². The smallest absolute Gasteiger partial charge is 0.406 e. The van der Waals surface area contributed by atoms with E-state index in [2.05, 4.69) is 20.3 Å². The monoisotopic (exact) mass is 510 g/mol. The van der Waals surface area contributed by atoms with E-state index < -0.39 is 17.9 Å². The molecule has 1 unspecified atom stereocenters. The Morgan fingerprint density at radius 1 is 1.23 bits per heavy atom. The number of aliphatic hydroxyl groups is 1. The number of carbonyl (C=O) groups is 1. The van der Waals surface area contributed by atoms with Gasteiger partial charge in [0.1, 0.15) is 5.75 Å². The van der Waals surface area contributed by atoms with E-state index in [0.717, 1.165) is 23.0 Å². The Bertz CT molecular complexity index is 1190. The summed E-state index contributed by atoms with van der Waals surface area (Å²) < 4.78 is 40.8. The number of alkyl halides is 3. The van der Waals surface area contributed by atoms with Crippen LogP contribution in [0.2, 0.25) is 5.02 Å². The van der Waals surface area contributed by atoms with Crippen LogP contribution >= 0.6 is 11.6 Å². The van der Waals surface area contributed by atoms with E-state index >= 15 is 0 Å². The van der Waals surface area contributed by atoms with Crippen molar-refractivity contribution in [3.63, 3.8) is 0 Å². The molecule has 35 heavy (non-hydrogen) atoms. The van der Waals surface area contributed by atoms with Crippen molar-refractivity contribution in [2.75, 3.05) is 18.4 Å². The second-order valence-electron chi connectivity index (χ2n) is 9.32. The van der Waals surface area contributed by atoms with Crippen molar-refractivity contribution in [2.24, 2.45) is 11.3 Å². The number of urea groups is 1. The molecule has 0 spiro atoms. The Kier molecular flexibility index (Phi) is 6.88. The molecule has 7 nitrogen and oxygen atoms in total. The van der Waals surface area contributed by atoms with Crippen LogP contribution in [-0.2, 0) is 0 Å². The molecule has 1 saturated heterocycles. The molecule has 1 fully saturated rings. The minimum Gasteiger partial charge on any atom is -0.406 e. The van der Waals surface area contributed by atoms with Gasteiger partial charge in [0.15, 0.2) is 0 Å². The number of piperidine rings is 1. The second-order valence-corrected chi connectivity index (χ2v) is 9.75. The molecular formula is C24H26ClF3N4O3. The number of fused-ring (bicyclic) bond motifs is 1. The highest BCUT2D eigenvalue weighted by Crippen LogP contribution is 2.46. The van der Waals surface area contributed by atoms with Gasteiger partial charge in [-0.05, 0) is 60.6 Å². The van der Waals surface area contributed by atoms with E-state index in [1.165, 1.54) is 12.1 Å². The van der Waals surface area contributed by atoms with Gasteiger partial charge in [0.25, 0.3) is 0 Å². The normalized spacial score (nSPS) is 16.4. The molecule has 2 aromatic carbocycles. The number of H-pyrrole nitrogens is 1. The van der Waals surface area contributed by atoms with E-state index in [1.54, 1.807) is 23.2 Å². The molecular weight excluding hydrogens is 485 g/mol. The zero-order valence-corrected chi connectivity index (χ0v) is 20.0. The number of aromatic nitrogens is 2. The van der Waals surface area contributed by atoms with Crippen LogP contribution in [0.5, 0.6) is 5.75 Å². The highest BCUT2D eigenvalue weighted by atomic mass is 35.5. The van der Waals surface area contributed by atoms with Crippen molar-refractivity contribution in [2.45, 2.75) is 39.2 Å². The van der Waals surface area contributed by atoms with Crippen LogP contribution in [0.4, 0.5) is 23.7 Å². The summed E-state index contributed by atoms with van der Waals surface area (Å²) in [6.07, 6.45) is -2.54. The van der Waals surface area contributed by atoms with Gasteiger partial charge in [-0.1, -0.05) is 25.4 Å². The molecule has 0 bridgehead atoms. The minimum atomic E-state index is -4.77. The number of rotatable bonds is 5. The van der Waals surface area contributed by atoms with Crippen molar-refractivity contribution in [3.05, 3.63) is 53.2 Å². The van der Waals surface area contributed by atoms with E-state index in [0.29, 0.717) is 42.2 Å². The van der Waals surface area contributed by atoms with Gasteiger partial charge in [0.05, 0.1) is 17.8 Å². The lowest BCUT2D eigenvalue weighted by molar-refractivity contribution is -0.274. The summed E-state index contributed by atoms with van der Waals surface area (Å²) in [7, 11) is 0. The van der Waals surface area contributed by atoms with Gasteiger partial charge in [0.2, 0.25) is 0 Å². The van der Waals surface area contributed by atoms with Gasteiger partial charge < -0.3 is 20.1 Å². The summed E-state index contributed by atoms with van der Waals surface area (Å²) >= 11 is 6.26. The fourth-order valence-electron chi connectivity index (χ4n) is 4.66. The zero-order chi connectivity index (χ0) is 25.4. The first-order valence-electron chi connectivity index (χ1n) is 11.2. The van der Waals surface area contributed by atoms with Crippen LogP contribution in [0, 0.1) is 11.3 Å². The summed E-state index contributed by atoms with van der Waals surface area (Å²) in [6, 6.07) is 8.20. The molecule has 0 aliphatic carbocycles. The summed E-state index contributed by atoms with van der Waals surface area (Å²) in [5.74, 6) is -0.221. The molecule has 2 heterocycles. The first-order chi connectivity index (χ1) is 16.4. The number of ether oxygens (including phenoxy) is 1. The van der Waals surface area contributed by atoms with Crippen LogP contribution in [0.3, 0.4) is 0 Å². The Hall–Kier alpha value is -2.98.